The van der Waals surface area contributed by atoms with Crippen molar-refractivity contribution in [2.24, 2.45) is 11.5 Å². The normalized spacial score (nSPS) is 11.3. The van der Waals surface area contributed by atoms with Crippen LogP contribution >= 0.6 is 0 Å². The van der Waals surface area contributed by atoms with Gasteiger partial charge in [-0.2, -0.15) is 52.7 Å². The predicted octanol–water partition coefficient (Wildman–Crippen LogP) is 16.5. The number of amides is 2. The van der Waals surface area contributed by atoms with Gasteiger partial charge in [0, 0.05) is 96.3 Å². The van der Waals surface area contributed by atoms with Crippen LogP contribution in [0, 0.1) is 0 Å². The van der Waals surface area contributed by atoms with Gasteiger partial charge in [-0.1, -0.05) is 224 Å². The van der Waals surface area contributed by atoms with Crippen molar-refractivity contribution in [3.63, 3.8) is 0 Å². The van der Waals surface area contributed by atoms with Gasteiger partial charge in [0.25, 0.3) is 0 Å². The third-order valence-electron chi connectivity index (χ3n) is 23.8. The fraction of sp³-hybridized carbons (Fsp3) is 0.376. The third-order valence-corrected chi connectivity index (χ3v) is 23.8. The molecular weight excluding hydrogens is 1960 g/mol. The zero-order valence-electron chi connectivity index (χ0n) is 81.3. The van der Waals surface area contributed by atoms with Crippen molar-refractivity contribution in [3.05, 3.63) is 376 Å². The average Bonchev–Trinajstić information content (AvgIpc) is 0.817. The summed E-state index contributed by atoms with van der Waals surface area (Å²) in [5.41, 5.74) is 19.6. The van der Waals surface area contributed by atoms with E-state index in [0.29, 0.717) is 85.8 Å². The monoisotopic (exact) mass is 2090 g/mol. The number of aliphatic carboxylic acids is 1. The molecule has 0 radical (unpaired) electrons. The highest BCUT2D eigenvalue weighted by Crippen LogP contribution is 2.37. The number of methoxy groups -OCH3 is 1. The number of aromatic nitrogens is 8. The number of unbranched alkanes of at least 4 members (excludes halogenated alkanes) is 1. The Kier molecular flexibility index (Phi) is 53.1. The number of benzene rings is 8. The molecule has 0 unspecified atom stereocenters. The minimum Gasteiger partial charge on any atom is -0.481 e. The SMILES string of the molecule is C.C.C.C.CB(O)N(CCO)Cc1ccc(Cc2ncc(C(F)(F)F)c(CCc3ccccc3CC(=O)O)n2)cc1.CB(O)N(CCO)Cc1ccc(Cc2ncc(C(F)(F)F)c(CCc3ccccc3CC(N)=O)n2)cc1.COC(=O)Cc1ccccc1CCc1nc(Cc2ccc(CN(CCO)B(C)O)cc2)ncc1C(F)(F)F.NC(=O)Cc1ccccc1CCc1nc(Cc2ccc(CCCCO)cc2)ncc1C(F)(F)F. The quantitative estimate of drug-likeness (QED) is 0.00733. The van der Waals surface area contributed by atoms with E-state index in [1.807, 2.05) is 97.1 Å². The molecule has 8 aromatic carbocycles. The van der Waals surface area contributed by atoms with Crippen molar-refractivity contribution in [1.82, 2.24) is 54.3 Å². The first-order valence-corrected chi connectivity index (χ1v) is 47.3. The molecule has 4 aromatic heterocycles. The summed E-state index contributed by atoms with van der Waals surface area (Å²) in [6, 6.07) is 58.0. The van der Waals surface area contributed by atoms with Crippen LogP contribution in [0.15, 0.2) is 219 Å². The number of rotatable bonds is 47. The Labute approximate surface area is 869 Å². The zero-order valence-corrected chi connectivity index (χ0v) is 81.3. The molecular formula is C109H134B3F12N13O13. The van der Waals surface area contributed by atoms with Crippen molar-refractivity contribution >= 4 is 44.9 Å². The molecule has 806 valence electrons. The van der Waals surface area contributed by atoms with Gasteiger partial charge < -0.3 is 71.2 Å². The van der Waals surface area contributed by atoms with Crippen LogP contribution in [0.25, 0.3) is 0 Å². The van der Waals surface area contributed by atoms with Crippen LogP contribution in [0.5, 0.6) is 0 Å². The van der Waals surface area contributed by atoms with Gasteiger partial charge in [-0.3, -0.25) is 19.2 Å². The summed E-state index contributed by atoms with van der Waals surface area (Å²) in [7, 11) is -0.860. The number of hydrogen-bond donors (Lipinski definition) is 10. The maximum Gasteiger partial charge on any atom is 0.419 e. The number of ether oxygens (including phenoxy) is 1. The number of carboxylic acids is 1. The summed E-state index contributed by atoms with van der Waals surface area (Å²) in [6.07, 6.45) is -10.4. The Morgan fingerprint density at radius 3 is 0.753 bits per heavy atom. The first-order chi connectivity index (χ1) is 69.5. The van der Waals surface area contributed by atoms with Crippen LogP contribution in [-0.4, -0.2) is 193 Å². The number of primary amides is 2. The zero-order chi connectivity index (χ0) is 106. The molecule has 0 aliphatic rings. The highest BCUT2D eigenvalue weighted by atomic mass is 19.4. The minimum atomic E-state index is -4.61. The molecule has 12 rings (SSSR count). The van der Waals surface area contributed by atoms with E-state index < -0.39 is 91.9 Å². The molecule has 0 spiro atoms. The summed E-state index contributed by atoms with van der Waals surface area (Å²) in [5, 5.41) is 75.0. The van der Waals surface area contributed by atoms with Crippen LogP contribution in [0.4, 0.5) is 52.7 Å². The number of nitrogens with two attached hydrogens (primary N) is 2. The van der Waals surface area contributed by atoms with Gasteiger partial charge in [-0.05, 0) is 180 Å². The second-order valence-corrected chi connectivity index (χ2v) is 34.9. The number of carboxylic acid groups (broad SMARTS) is 1. The molecule has 12 N–H and O–H groups in total. The molecule has 0 bridgehead atoms. The standard InChI is InChI=1S/C27H31BF3N3O4.C26H30BF3N4O3.C26H29BF3N3O4.C26H28F3N3O2.4CH4/c1-28(37)34(13-14-35)18-20-9-7-19(8-10-20)15-25-32-17-23(27(29,30)31)24(33-25)12-11-21-5-3-4-6-22(21)16-26(36)38-2;1-27(37)34(12-13-35)17-19-8-6-18(7-9-19)14-25-32-16-22(26(28,29)30)23(33-25)11-10-20-4-2-3-5-21(20)15-24(31)36;1-27(37)33(12-13-34)17-19-8-6-18(7-9-19)14-24-31-16-22(26(28,29)30)23(32-24)11-10-20-4-2-3-5-21(20)15-25(35)36;27-26(28,29)22-17-31-25(15-19-10-8-18(9-11-19)5-3-4-14-33)32-23(22)13-12-20-6-1-2-7-21(20)16-24(30)34;;;;/h3-10,17,35,37H,11-16,18H2,1-2H3;2-9,16,35,37H,10-15,17H2,1H3,(H2,31,36);2-9,16,34,37H,10-15,17H2,1H3,(H,35,36);1-2,6-11,17,33H,3-5,12-16H2,(H2,30,34);4*1H4. The number of carbonyl (C=O) groups excluding carboxylic acids is 3. The lowest BCUT2D eigenvalue weighted by atomic mass is 9.84. The highest BCUT2D eigenvalue weighted by Gasteiger charge is 2.39. The number of nitrogens with zero attached hydrogens (tertiary/aromatic N) is 11. The fourth-order valence-electron chi connectivity index (χ4n) is 16.1. The first-order valence-electron chi connectivity index (χ1n) is 47.3. The van der Waals surface area contributed by atoms with Crippen molar-refractivity contribution in [1.29, 1.82) is 0 Å². The third kappa shape index (κ3) is 42.4. The van der Waals surface area contributed by atoms with E-state index in [4.69, 9.17) is 41.7 Å². The number of carbonyl (C=O) groups is 4. The molecule has 4 heterocycles. The van der Waals surface area contributed by atoms with E-state index >= 15 is 0 Å². The summed E-state index contributed by atoms with van der Waals surface area (Å²) >= 11 is 0. The van der Waals surface area contributed by atoms with Gasteiger partial charge in [0.2, 0.25) is 11.8 Å². The van der Waals surface area contributed by atoms with Crippen molar-refractivity contribution in [2.45, 2.75) is 217 Å². The maximum absolute atomic E-state index is 13.7. The number of esters is 1. The summed E-state index contributed by atoms with van der Waals surface area (Å²) in [6.45, 7) is 7.10. The van der Waals surface area contributed by atoms with E-state index in [-0.39, 0.29) is 186 Å². The highest BCUT2D eigenvalue weighted by molar-refractivity contribution is 6.45. The molecule has 41 heteroatoms. The Morgan fingerprint density at radius 1 is 0.313 bits per heavy atom. The van der Waals surface area contributed by atoms with Gasteiger partial charge in [0.05, 0.1) is 97.6 Å². The van der Waals surface area contributed by atoms with Gasteiger partial charge in [0.15, 0.2) is 0 Å². The molecule has 0 saturated heterocycles. The maximum atomic E-state index is 13.7. The average molecular weight is 2090 g/mol. The van der Waals surface area contributed by atoms with Crippen molar-refractivity contribution in [3.8, 4) is 0 Å². The van der Waals surface area contributed by atoms with Gasteiger partial charge >= 0.3 is 57.8 Å². The minimum absolute atomic E-state index is 0. The van der Waals surface area contributed by atoms with Crippen molar-refractivity contribution in [2.75, 3.05) is 53.2 Å². The molecule has 0 saturated carbocycles. The van der Waals surface area contributed by atoms with E-state index in [9.17, 15) is 86.9 Å². The number of hydrogen-bond acceptors (Lipinski definition) is 23. The Balaban J connectivity index is 0.000000348. The second kappa shape index (κ2) is 62.5. The number of aliphatic hydroxyl groups excluding tert-OH is 4. The lowest BCUT2D eigenvalue weighted by molar-refractivity contribution is -0.140. The Hall–Kier alpha value is -13.1. The number of alkyl halides is 12. The Morgan fingerprint density at radius 2 is 0.540 bits per heavy atom. The van der Waals surface area contributed by atoms with Gasteiger partial charge in [0.1, 0.15) is 23.3 Å². The molecule has 0 aliphatic heterocycles. The molecule has 150 heavy (non-hydrogen) atoms. The van der Waals surface area contributed by atoms with Crippen LogP contribution in [0.2, 0.25) is 20.5 Å². The molecule has 2 amide bonds. The van der Waals surface area contributed by atoms with E-state index in [2.05, 4.69) is 39.9 Å². The summed E-state index contributed by atoms with van der Waals surface area (Å²) in [4.78, 5) is 83.6. The number of aryl methyl sites for hydroxylation is 9. The lowest BCUT2D eigenvalue weighted by Crippen LogP contribution is -2.38. The first kappa shape index (κ1) is 127. The summed E-state index contributed by atoms with van der Waals surface area (Å²) in [5.74, 6) is -1.32. The number of aliphatic hydroxyl groups is 4. The Bertz CT molecular complexity index is 5980. The molecule has 26 nitrogen and oxygen atoms in total. The molecule has 12 aromatic rings. The van der Waals surface area contributed by atoms with Crippen LogP contribution in [0.3, 0.4) is 0 Å². The lowest BCUT2D eigenvalue weighted by Gasteiger charge is -2.22. The fourth-order valence-corrected chi connectivity index (χ4v) is 16.1. The molecule has 0 atom stereocenters. The molecule has 0 aliphatic carbocycles. The summed E-state index contributed by atoms with van der Waals surface area (Å²) < 4.78 is 169. The van der Waals surface area contributed by atoms with E-state index in [1.54, 1.807) is 132 Å². The van der Waals surface area contributed by atoms with Crippen LogP contribution in [-0.2, 0) is 177 Å². The van der Waals surface area contributed by atoms with Crippen molar-refractivity contribution < 1.29 is 117 Å². The van der Waals surface area contributed by atoms with Crippen LogP contribution < -0.4 is 11.5 Å². The van der Waals surface area contributed by atoms with E-state index in [0.717, 1.165) is 105 Å². The topological polar surface area (TPSA) is 404 Å². The van der Waals surface area contributed by atoms with Crippen LogP contribution in [0.1, 0.15) is 200 Å². The number of halogens is 12. The molecule has 0 fully saturated rings. The van der Waals surface area contributed by atoms with E-state index in [1.165, 1.54) is 7.11 Å². The second-order valence-electron chi connectivity index (χ2n) is 34.9. The smallest absolute Gasteiger partial charge is 0.419 e. The van der Waals surface area contributed by atoms with Gasteiger partial charge in [-0.15, -0.1) is 0 Å². The van der Waals surface area contributed by atoms with Gasteiger partial charge in [-0.25, -0.2) is 39.9 Å². The predicted molar refractivity (Wildman–Crippen MR) is 554 cm³/mol. The largest absolute Gasteiger partial charge is 0.481 e.